The van der Waals surface area contributed by atoms with E-state index in [4.69, 9.17) is 14.1 Å². The van der Waals surface area contributed by atoms with Crippen molar-refractivity contribution in [2.45, 2.75) is 95.2 Å². The molecule has 2 saturated heterocycles. The van der Waals surface area contributed by atoms with E-state index in [1.54, 1.807) is 36.5 Å². The van der Waals surface area contributed by atoms with Gasteiger partial charge in [-0.15, -0.1) is 10.2 Å². The molecule has 0 bridgehead atoms. The number of likely N-dealkylation sites (tertiary alicyclic amines) is 1. The maximum Gasteiger partial charge on any atom is 0.339 e. The number of nitrogens with zero attached hydrogens (tertiary/aromatic N) is 6. The number of rotatable bonds is 17. The zero-order valence-electron chi connectivity index (χ0n) is 37.7. The number of hydrogen-bond donors (Lipinski definition) is 5. The third kappa shape index (κ3) is 9.38. The molecule has 0 aliphatic carbocycles. The molecule has 19 heteroatoms. The van der Waals surface area contributed by atoms with Gasteiger partial charge in [0.15, 0.2) is 0 Å². The predicted molar refractivity (Wildman–Crippen MR) is 247 cm³/mol. The first-order valence-electron chi connectivity index (χ1n) is 23.0. The lowest BCUT2D eigenvalue weighted by molar-refractivity contribution is -0.136. The number of amides is 5. The van der Waals surface area contributed by atoms with Crippen LogP contribution < -0.4 is 21.3 Å². The summed E-state index contributed by atoms with van der Waals surface area (Å²) in [4.78, 5) is 88.4. The number of hydrogen-bond acceptors (Lipinski definition) is 16. The van der Waals surface area contributed by atoms with Crippen molar-refractivity contribution in [3.05, 3.63) is 107 Å². The lowest BCUT2D eigenvalue weighted by Gasteiger charge is -2.30. The zero-order chi connectivity index (χ0) is 47.5. The molecule has 5 amide bonds. The van der Waals surface area contributed by atoms with Crippen LogP contribution in [0.2, 0.25) is 0 Å². The summed E-state index contributed by atoms with van der Waals surface area (Å²) < 4.78 is 11.8. The normalized spacial score (nSPS) is 18.2. The van der Waals surface area contributed by atoms with Gasteiger partial charge in [-0.3, -0.25) is 34.2 Å². The van der Waals surface area contributed by atoms with E-state index < -0.39 is 41.3 Å². The number of aromatic nitrogens is 4. The Morgan fingerprint density at radius 1 is 0.897 bits per heavy atom. The number of esters is 1. The van der Waals surface area contributed by atoms with Crippen LogP contribution in [0.3, 0.4) is 0 Å². The summed E-state index contributed by atoms with van der Waals surface area (Å²) in [6.45, 7) is 5.11. The quantitative estimate of drug-likeness (QED) is 0.0408. The van der Waals surface area contributed by atoms with Crippen LogP contribution in [-0.2, 0) is 24.7 Å². The number of carbonyl (C=O) groups excluding carboxylic acids is 6. The van der Waals surface area contributed by atoms with Crippen LogP contribution in [0.1, 0.15) is 132 Å². The molecule has 4 aliphatic rings. The maximum atomic E-state index is 13.4. The molecule has 9 rings (SSSR count). The van der Waals surface area contributed by atoms with Crippen molar-refractivity contribution in [2.75, 3.05) is 42.2 Å². The highest BCUT2D eigenvalue weighted by Gasteiger charge is 2.46. The van der Waals surface area contributed by atoms with Crippen molar-refractivity contribution < 1.29 is 43.0 Å². The Bertz CT molecular complexity index is 2770. The number of anilines is 4. The van der Waals surface area contributed by atoms with Gasteiger partial charge in [-0.25, -0.2) is 9.78 Å². The van der Waals surface area contributed by atoms with E-state index in [1.807, 2.05) is 55.1 Å². The minimum Gasteiger partial charge on any atom is -0.451 e. The Hall–Kier alpha value is -7.54. The number of ether oxygens (including phenoxy) is 1. The second-order valence-corrected chi connectivity index (χ2v) is 17.9. The van der Waals surface area contributed by atoms with Gasteiger partial charge in [0.05, 0.1) is 34.9 Å². The lowest BCUT2D eigenvalue weighted by Crippen LogP contribution is -2.54. The van der Waals surface area contributed by atoms with Crippen LogP contribution >= 0.6 is 0 Å². The molecule has 352 valence electrons. The number of carbonyl (C=O) groups is 6. The van der Waals surface area contributed by atoms with Gasteiger partial charge in [0.25, 0.3) is 17.7 Å². The molecule has 0 saturated carbocycles. The Morgan fingerprint density at radius 3 is 2.47 bits per heavy atom. The van der Waals surface area contributed by atoms with Gasteiger partial charge < -0.3 is 35.1 Å². The van der Waals surface area contributed by atoms with Gasteiger partial charge in [-0.05, 0) is 81.8 Å². The number of nitrogens with one attached hydrogen (secondary N) is 4. The average molecular weight is 925 g/mol. The summed E-state index contributed by atoms with van der Waals surface area (Å²) in [5.74, 6) is -1.23. The summed E-state index contributed by atoms with van der Waals surface area (Å²) >= 11 is 0. The van der Waals surface area contributed by atoms with Gasteiger partial charge in [0.2, 0.25) is 29.6 Å². The molecule has 0 radical (unpaired) electrons. The van der Waals surface area contributed by atoms with Gasteiger partial charge >= 0.3 is 5.97 Å². The second-order valence-electron chi connectivity index (χ2n) is 17.9. The molecule has 68 heavy (non-hydrogen) atoms. The standard InChI is InChI=1S/C49H52N10O9/c1-49(2)34-25-30(16-17-31(34)47(66)68-49)52-48-51-26-33(41(55-48)53-36(27-60)28-11-6-5-7-12-28)44-57-56-43(67-44)29-20-23-58(24-21-29)39(62)15-8-3-4-9-22-50-35-14-10-13-32-40(35)46(65)59(45(32)64)37-18-19-38(61)54-42(37)63/h5-7,10-14,16-17,25-26,29,36-37,50,60H,3-4,8-9,15,18-24,27H2,1-2H3,(H,54,61,63)(H2,51,52,53,55)/t36-,37?/m1/s1. The first-order chi connectivity index (χ1) is 32.9. The third-order valence-electron chi connectivity index (χ3n) is 12.9. The van der Waals surface area contributed by atoms with Crippen molar-refractivity contribution in [2.24, 2.45) is 0 Å². The summed E-state index contributed by atoms with van der Waals surface area (Å²) in [7, 11) is 0. The van der Waals surface area contributed by atoms with Crippen molar-refractivity contribution in [3.63, 3.8) is 0 Å². The fourth-order valence-corrected chi connectivity index (χ4v) is 9.24. The largest absolute Gasteiger partial charge is 0.451 e. The smallest absolute Gasteiger partial charge is 0.339 e. The fourth-order valence-electron chi connectivity index (χ4n) is 9.24. The van der Waals surface area contributed by atoms with Crippen molar-refractivity contribution in [3.8, 4) is 11.5 Å². The Labute approximate surface area is 391 Å². The molecule has 6 heterocycles. The number of benzene rings is 3. The van der Waals surface area contributed by atoms with E-state index in [2.05, 4.69) is 36.4 Å². The molecule has 3 aromatic carbocycles. The van der Waals surface area contributed by atoms with Crippen LogP contribution in [0.5, 0.6) is 0 Å². The third-order valence-corrected chi connectivity index (χ3v) is 12.9. The minimum atomic E-state index is -1.02. The fraction of sp³-hybridized carbons (Fsp3) is 0.388. The van der Waals surface area contributed by atoms with Crippen molar-refractivity contribution in [1.82, 2.24) is 35.3 Å². The van der Waals surface area contributed by atoms with E-state index in [0.717, 1.165) is 41.7 Å². The molecule has 1 unspecified atom stereocenters. The maximum absolute atomic E-state index is 13.4. The van der Waals surface area contributed by atoms with Gasteiger partial charge in [-0.2, -0.15) is 4.98 Å². The Kier molecular flexibility index (Phi) is 13.0. The van der Waals surface area contributed by atoms with E-state index in [9.17, 15) is 33.9 Å². The number of aliphatic hydroxyl groups is 1. The van der Waals surface area contributed by atoms with Crippen molar-refractivity contribution >= 4 is 58.6 Å². The van der Waals surface area contributed by atoms with Crippen LogP contribution in [0.15, 0.2) is 77.3 Å². The van der Waals surface area contributed by atoms with Gasteiger partial charge in [0, 0.05) is 61.5 Å². The number of unbranched alkanes of at least 4 members (excludes halogenated alkanes) is 3. The van der Waals surface area contributed by atoms with E-state index in [0.29, 0.717) is 73.1 Å². The van der Waals surface area contributed by atoms with Crippen LogP contribution in [0.4, 0.5) is 23.1 Å². The number of cyclic esters (lactones) is 1. The Morgan fingerprint density at radius 2 is 1.69 bits per heavy atom. The van der Waals surface area contributed by atoms with Crippen molar-refractivity contribution in [1.29, 1.82) is 0 Å². The summed E-state index contributed by atoms with van der Waals surface area (Å²) in [5.41, 5.74) is 3.39. The highest BCUT2D eigenvalue weighted by atomic mass is 16.6. The van der Waals surface area contributed by atoms with Crippen LogP contribution in [0.25, 0.3) is 11.5 Å². The van der Waals surface area contributed by atoms with E-state index >= 15 is 0 Å². The summed E-state index contributed by atoms with van der Waals surface area (Å²) in [5, 5.41) is 31.3. The lowest BCUT2D eigenvalue weighted by atomic mass is 9.95. The first-order valence-corrected chi connectivity index (χ1v) is 23.0. The molecule has 4 aliphatic heterocycles. The van der Waals surface area contributed by atoms with Crippen LogP contribution in [-0.4, -0.2) is 103 Å². The number of aliphatic hydroxyl groups excluding tert-OH is 1. The van der Waals surface area contributed by atoms with E-state index in [1.165, 1.54) is 0 Å². The molecule has 2 fully saturated rings. The molecule has 2 aromatic heterocycles. The number of imide groups is 2. The second kappa shape index (κ2) is 19.4. The molecular formula is C49H52N10O9. The number of piperidine rings is 2. The molecule has 5 aromatic rings. The van der Waals surface area contributed by atoms with E-state index in [-0.39, 0.29) is 60.2 Å². The highest BCUT2D eigenvalue weighted by molar-refractivity contribution is 6.25. The highest BCUT2D eigenvalue weighted by Crippen LogP contribution is 2.39. The minimum absolute atomic E-state index is 0.0553. The molecule has 5 N–H and O–H groups in total. The van der Waals surface area contributed by atoms with Gasteiger partial charge in [-0.1, -0.05) is 49.2 Å². The molecule has 2 atom stereocenters. The Balaban J connectivity index is 0.762. The molecule has 0 spiro atoms. The molecule has 19 nitrogen and oxygen atoms in total. The van der Waals surface area contributed by atoms with Gasteiger partial charge in [0.1, 0.15) is 17.5 Å². The topological polar surface area (TPSA) is 251 Å². The summed E-state index contributed by atoms with van der Waals surface area (Å²) in [6, 6.07) is 18.3. The first kappa shape index (κ1) is 45.6. The molecular weight excluding hydrogens is 873 g/mol. The SMILES string of the molecule is CC1(C)OC(=O)c2ccc(Nc3ncc(-c4nnc(C5CCN(C(=O)CCCCCCNc6cccc7c6C(=O)N(C6CCC(=O)NC6=O)C7=O)CC5)o4)c(N[C@H](CO)c4ccccc4)n3)cc21. The average Bonchev–Trinajstić information content (AvgIpc) is 3.99. The zero-order valence-corrected chi connectivity index (χ0v) is 37.7. The summed E-state index contributed by atoms with van der Waals surface area (Å²) in [6.07, 6.45) is 6.67. The predicted octanol–water partition coefficient (Wildman–Crippen LogP) is 5.99. The number of fused-ring (bicyclic) bond motifs is 2. The van der Waals surface area contributed by atoms with Crippen LogP contribution in [0, 0.1) is 0 Å². The monoisotopic (exact) mass is 924 g/mol.